The molecule has 0 bridgehead atoms. The number of carbonyl (C=O) groups is 1. The molecule has 0 spiro atoms. The number of carbonyl (C=O) groups excluding carboxylic acids is 1. The first-order chi connectivity index (χ1) is 8.25. The standard InChI is InChI=1S/C11H21N3O3S/c1-10(2)9-11(15)13-5-7-14(8-6-13)18(16,17)12(3)4/h9H,5-8H2,1-4H3. The van der Waals surface area contributed by atoms with Gasteiger partial charge in [-0.15, -0.1) is 0 Å². The van der Waals surface area contributed by atoms with E-state index in [2.05, 4.69) is 0 Å². The van der Waals surface area contributed by atoms with Gasteiger partial charge in [0.1, 0.15) is 0 Å². The Morgan fingerprint density at radius 2 is 1.61 bits per heavy atom. The van der Waals surface area contributed by atoms with Gasteiger partial charge in [0.15, 0.2) is 0 Å². The Morgan fingerprint density at radius 1 is 1.11 bits per heavy atom. The molecule has 0 aromatic heterocycles. The van der Waals surface area contributed by atoms with Crippen molar-refractivity contribution in [1.82, 2.24) is 13.5 Å². The van der Waals surface area contributed by atoms with E-state index in [0.29, 0.717) is 26.2 Å². The first-order valence-corrected chi connectivity index (χ1v) is 7.26. The number of hydrogen-bond acceptors (Lipinski definition) is 3. The predicted molar refractivity (Wildman–Crippen MR) is 70.2 cm³/mol. The highest BCUT2D eigenvalue weighted by molar-refractivity contribution is 7.86. The summed E-state index contributed by atoms with van der Waals surface area (Å²) in [6.07, 6.45) is 1.58. The van der Waals surface area contributed by atoms with Crippen molar-refractivity contribution < 1.29 is 13.2 Å². The highest BCUT2D eigenvalue weighted by atomic mass is 32.2. The van der Waals surface area contributed by atoms with Crippen molar-refractivity contribution in [2.24, 2.45) is 0 Å². The molecule has 1 amide bonds. The normalized spacial score (nSPS) is 17.9. The maximum Gasteiger partial charge on any atom is 0.281 e. The lowest BCUT2D eigenvalue weighted by atomic mass is 10.3. The average molecular weight is 275 g/mol. The molecule has 1 saturated heterocycles. The number of amides is 1. The Labute approximate surface area is 109 Å². The Bertz CT molecular complexity index is 430. The molecule has 1 aliphatic rings. The first-order valence-electron chi connectivity index (χ1n) is 5.86. The molecular weight excluding hydrogens is 254 g/mol. The van der Waals surface area contributed by atoms with Crippen molar-refractivity contribution in [1.29, 1.82) is 0 Å². The summed E-state index contributed by atoms with van der Waals surface area (Å²) in [5.74, 6) is -0.0445. The molecule has 1 rings (SSSR count). The largest absolute Gasteiger partial charge is 0.337 e. The van der Waals surface area contributed by atoms with Gasteiger partial charge in [0, 0.05) is 46.4 Å². The van der Waals surface area contributed by atoms with E-state index in [-0.39, 0.29) is 5.91 Å². The van der Waals surface area contributed by atoms with Crippen molar-refractivity contribution in [2.45, 2.75) is 13.8 Å². The Morgan fingerprint density at radius 3 is 2.00 bits per heavy atom. The van der Waals surface area contributed by atoms with Crippen molar-refractivity contribution >= 4 is 16.1 Å². The van der Waals surface area contributed by atoms with Crippen LogP contribution in [0.5, 0.6) is 0 Å². The summed E-state index contributed by atoms with van der Waals surface area (Å²) in [7, 11) is -0.339. The van der Waals surface area contributed by atoms with E-state index in [1.54, 1.807) is 11.0 Å². The van der Waals surface area contributed by atoms with Gasteiger partial charge >= 0.3 is 0 Å². The van der Waals surface area contributed by atoms with Gasteiger partial charge in [-0.2, -0.15) is 17.0 Å². The van der Waals surface area contributed by atoms with Crippen LogP contribution in [0.4, 0.5) is 0 Å². The van der Waals surface area contributed by atoms with Gasteiger partial charge in [-0.05, 0) is 13.8 Å². The summed E-state index contributed by atoms with van der Waals surface area (Å²) in [4.78, 5) is 13.4. The maximum atomic E-state index is 11.9. The molecule has 1 aliphatic heterocycles. The van der Waals surface area contributed by atoms with Crippen LogP contribution < -0.4 is 0 Å². The molecule has 1 fully saturated rings. The number of rotatable bonds is 3. The molecule has 0 aliphatic carbocycles. The number of piperazine rings is 1. The lowest BCUT2D eigenvalue weighted by Gasteiger charge is -2.34. The fourth-order valence-corrected chi connectivity index (χ4v) is 2.80. The molecule has 18 heavy (non-hydrogen) atoms. The van der Waals surface area contributed by atoms with Crippen LogP contribution in [0.25, 0.3) is 0 Å². The van der Waals surface area contributed by atoms with Gasteiger partial charge in [-0.3, -0.25) is 4.79 Å². The highest BCUT2D eigenvalue weighted by Gasteiger charge is 2.29. The zero-order chi connectivity index (χ0) is 13.9. The third-order valence-corrected chi connectivity index (χ3v) is 4.69. The van der Waals surface area contributed by atoms with Gasteiger partial charge in [-0.1, -0.05) is 5.57 Å². The maximum absolute atomic E-state index is 11.9. The SMILES string of the molecule is CC(C)=CC(=O)N1CCN(S(=O)(=O)N(C)C)CC1. The predicted octanol–water partition coefficient (Wildman–Crippen LogP) is -0.0968. The molecule has 0 aromatic carbocycles. The van der Waals surface area contributed by atoms with Crippen LogP contribution in [0.2, 0.25) is 0 Å². The van der Waals surface area contributed by atoms with Crippen LogP contribution in [-0.2, 0) is 15.0 Å². The van der Waals surface area contributed by atoms with E-state index in [9.17, 15) is 13.2 Å². The molecule has 0 unspecified atom stereocenters. The Hall–Kier alpha value is -0.920. The lowest BCUT2D eigenvalue weighted by molar-refractivity contribution is -0.127. The van der Waals surface area contributed by atoms with E-state index >= 15 is 0 Å². The molecule has 1 heterocycles. The number of nitrogens with zero attached hydrogens (tertiary/aromatic N) is 3. The van der Waals surface area contributed by atoms with Crippen molar-refractivity contribution in [3.05, 3.63) is 11.6 Å². The fourth-order valence-electron chi connectivity index (χ4n) is 1.71. The minimum absolute atomic E-state index is 0.0445. The molecule has 104 valence electrons. The van der Waals surface area contributed by atoms with Gasteiger partial charge in [0.05, 0.1) is 0 Å². The topological polar surface area (TPSA) is 60.9 Å². The van der Waals surface area contributed by atoms with E-state index in [1.807, 2.05) is 13.8 Å². The second kappa shape index (κ2) is 5.81. The first kappa shape index (κ1) is 15.1. The fraction of sp³-hybridized carbons (Fsp3) is 0.727. The van der Waals surface area contributed by atoms with Crippen LogP contribution in [0.15, 0.2) is 11.6 Å². The van der Waals surface area contributed by atoms with Gasteiger partial charge in [0.25, 0.3) is 10.2 Å². The summed E-state index contributed by atoms with van der Waals surface area (Å²) in [5, 5.41) is 0. The summed E-state index contributed by atoms with van der Waals surface area (Å²) < 4.78 is 26.3. The second-order valence-electron chi connectivity index (χ2n) is 4.74. The van der Waals surface area contributed by atoms with Crippen LogP contribution in [0.3, 0.4) is 0 Å². The third kappa shape index (κ3) is 3.54. The second-order valence-corrected chi connectivity index (χ2v) is 6.88. The summed E-state index contributed by atoms with van der Waals surface area (Å²) in [5.41, 5.74) is 0.948. The number of hydrogen-bond donors (Lipinski definition) is 0. The zero-order valence-corrected chi connectivity index (χ0v) is 12.2. The van der Waals surface area contributed by atoms with Crippen LogP contribution in [0, 0.1) is 0 Å². The van der Waals surface area contributed by atoms with Crippen LogP contribution in [-0.4, -0.2) is 68.1 Å². The van der Waals surface area contributed by atoms with E-state index < -0.39 is 10.2 Å². The average Bonchev–Trinajstić information content (AvgIpc) is 2.28. The van der Waals surface area contributed by atoms with Gasteiger partial charge < -0.3 is 4.90 Å². The van der Waals surface area contributed by atoms with Crippen molar-refractivity contribution in [3.63, 3.8) is 0 Å². The molecule has 0 saturated carbocycles. The smallest absolute Gasteiger partial charge is 0.281 e. The van der Waals surface area contributed by atoms with Gasteiger partial charge in [-0.25, -0.2) is 0 Å². The quantitative estimate of drug-likeness (QED) is 0.676. The van der Waals surface area contributed by atoms with E-state index in [0.717, 1.165) is 5.57 Å². The van der Waals surface area contributed by atoms with Crippen molar-refractivity contribution in [2.75, 3.05) is 40.3 Å². The van der Waals surface area contributed by atoms with Crippen molar-refractivity contribution in [3.8, 4) is 0 Å². The van der Waals surface area contributed by atoms with E-state index in [1.165, 1.54) is 22.7 Å². The summed E-state index contributed by atoms with van der Waals surface area (Å²) in [6, 6.07) is 0. The monoisotopic (exact) mass is 275 g/mol. The Balaban J connectivity index is 2.62. The Kier molecular flexibility index (Phi) is 4.89. The lowest BCUT2D eigenvalue weighted by Crippen LogP contribution is -2.52. The van der Waals surface area contributed by atoms with Gasteiger partial charge in [0.2, 0.25) is 5.91 Å². The molecule has 0 N–H and O–H groups in total. The third-order valence-electron chi connectivity index (χ3n) is 2.75. The highest BCUT2D eigenvalue weighted by Crippen LogP contribution is 2.10. The molecular formula is C11H21N3O3S. The zero-order valence-electron chi connectivity index (χ0n) is 11.4. The molecule has 0 atom stereocenters. The molecule has 0 radical (unpaired) electrons. The molecule has 6 nitrogen and oxygen atoms in total. The minimum atomic E-state index is -3.36. The molecule has 7 heteroatoms. The summed E-state index contributed by atoms with van der Waals surface area (Å²) >= 11 is 0. The summed E-state index contributed by atoms with van der Waals surface area (Å²) in [6.45, 7) is 5.31. The van der Waals surface area contributed by atoms with E-state index in [4.69, 9.17) is 0 Å². The molecule has 0 aromatic rings. The van der Waals surface area contributed by atoms with Crippen LogP contribution in [0.1, 0.15) is 13.8 Å². The number of allylic oxidation sites excluding steroid dienone is 1. The van der Waals surface area contributed by atoms with Crippen LogP contribution >= 0.6 is 0 Å². The minimum Gasteiger partial charge on any atom is -0.337 e.